The van der Waals surface area contributed by atoms with Gasteiger partial charge in [-0.05, 0) is 40.5 Å². The van der Waals surface area contributed by atoms with Crippen LogP contribution in [0.3, 0.4) is 0 Å². The summed E-state index contributed by atoms with van der Waals surface area (Å²) < 4.78 is 18.6. The van der Waals surface area contributed by atoms with Crippen LogP contribution in [0.1, 0.15) is 18.2 Å². The molecule has 1 heterocycles. The lowest BCUT2D eigenvalue weighted by Crippen LogP contribution is -1.85. The minimum absolute atomic E-state index is 0.0155. The molecule has 1 aromatic carbocycles. The first-order valence-corrected chi connectivity index (χ1v) is 6.17. The Morgan fingerprint density at radius 1 is 1.50 bits per heavy atom. The van der Waals surface area contributed by atoms with Gasteiger partial charge >= 0.3 is 0 Å². The molecule has 3 rings (SSSR count). The number of hydrogen-bond donors (Lipinski definition) is 0. The molecular weight excluding hydrogens is 301 g/mol. The Morgan fingerprint density at radius 3 is 3.00 bits per heavy atom. The van der Waals surface area contributed by atoms with Crippen LogP contribution < -0.4 is 0 Å². The second kappa shape index (κ2) is 4.18. The molecule has 0 spiro atoms. The Kier molecular flexibility index (Phi) is 2.63. The fourth-order valence-electron chi connectivity index (χ4n) is 1.75. The third-order valence-corrected chi connectivity index (χ3v) is 3.50. The predicted octanol–water partition coefficient (Wildman–Crippen LogP) is 3.27. The summed E-state index contributed by atoms with van der Waals surface area (Å²) in [5.41, 5.74) is 0.674. The van der Waals surface area contributed by atoms with E-state index >= 15 is 0 Å². The maximum atomic E-state index is 13.1. The SMILES string of the molecule is N#CC1CC1c1nc(-c2ccc(F)c(Br)c2)no1. The van der Waals surface area contributed by atoms with Gasteiger partial charge in [0.1, 0.15) is 5.82 Å². The van der Waals surface area contributed by atoms with Crippen LogP contribution in [0.2, 0.25) is 0 Å². The van der Waals surface area contributed by atoms with Gasteiger partial charge in [0.2, 0.25) is 11.7 Å². The average molecular weight is 308 g/mol. The quantitative estimate of drug-likeness (QED) is 0.854. The Bertz CT molecular complexity index is 649. The highest BCUT2D eigenvalue weighted by Gasteiger charge is 2.43. The van der Waals surface area contributed by atoms with E-state index in [1.54, 1.807) is 12.1 Å². The molecule has 2 aromatic rings. The zero-order chi connectivity index (χ0) is 12.7. The molecule has 2 unspecified atom stereocenters. The van der Waals surface area contributed by atoms with Gasteiger partial charge in [-0.1, -0.05) is 5.16 Å². The van der Waals surface area contributed by atoms with E-state index in [9.17, 15) is 4.39 Å². The highest BCUT2D eigenvalue weighted by atomic mass is 79.9. The minimum Gasteiger partial charge on any atom is -0.339 e. The fraction of sp³-hybridized carbons (Fsp3) is 0.250. The van der Waals surface area contributed by atoms with Gasteiger partial charge in [-0.3, -0.25) is 0 Å². The molecule has 1 fully saturated rings. The third-order valence-electron chi connectivity index (χ3n) is 2.89. The number of aromatic nitrogens is 2. The second-order valence-electron chi connectivity index (χ2n) is 4.16. The van der Waals surface area contributed by atoms with E-state index in [0.29, 0.717) is 21.8 Å². The summed E-state index contributed by atoms with van der Waals surface area (Å²) in [7, 11) is 0. The average Bonchev–Trinajstić information content (AvgIpc) is 3.01. The molecule has 1 aliphatic rings. The molecule has 0 radical (unpaired) electrons. The highest BCUT2D eigenvalue weighted by Crippen LogP contribution is 2.46. The number of rotatable bonds is 2. The van der Waals surface area contributed by atoms with E-state index in [1.807, 2.05) is 0 Å². The van der Waals surface area contributed by atoms with Gasteiger partial charge in [0.15, 0.2) is 0 Å². The number of hydrogen-bond acceptors (Lipinski definition) is 4. The van der Waals surface area contributed by atoms with Crippen molar-refractivity contribution in [2.24, 2.45) is 5.92 Å². The maximum Gasteiger partial charge on any atom is 0.231 e. The Balaban J connectivity index is 1.89. The Morgan fingerprint density at radius 2 is 2.33 bits per heavy atom. The standard InChI is InChI=1S/C12H7BrFN3O/c13-9-4-6(1-2-10(9)14)11-16-12(18-17-11)8-3-7(8)5-15/h1-2,4,7-8H,3H2. The molecule has 1 aliphatic carbocycles. The summed E-state index contributed by atoms with van der Waals surface area (Å²) in [6.45, 7) is 0. The predicted molar refractivity (Wildman–Crippen MR) is 63.9 cm³/mol. The van der Waals surface area contributed by atoms with Crippen LogP contribution in [-0.4, -0.2) is 10.1 Å². The topological polar surface area (TPSA) is 62.7 Å². The van der Waals surface area contributed by atoms with Crippen molar-refractivity contribution in [1.29, 1.82) is 5.26 Å². The summed E-state index contributed by atoms with van der Waals surface area (Å²) in [5.74, 6) is 0.596. The highest BCUT2D eigenvalue weighted by molar-refractivity contribution is 9.10. The first kappa shape index (κ1) is 11.4. The largest absolute Gasteiger partial charge is 0.339 e. The number of nitrogens with zero attached hydrogens (tertiary/aromatic N) is 3. The first-order valence-electron chi connectivity index (χ1n) is 5.37. The molecule has 2 atom stereocenters. The molecule has 1 aromatic heterocycles. The van der Waals surface area contributed by atoms with E-state index in [1.165, 1.54) is 6.07 Å². The van der Waals surface area contributed by atoms with E-state index in [2.05, 4.69) is 32.1 Å². The summed E-state index contributed by atoms with van der Waals surface area (Å²) in [6.07, 6.45) is 0.769. The van der Waals surface area contributed by atoms with E-state index in [0.717, 1.165) is 6.42 Å². The Labute approximate surface area is 111 Å². The van der Waals surface area contributed by atoms with Crippen molar-refractivity contribution in [3.05, 3.63) is 34.4 Å². The van der Waals surface area contributed by atoms with Gasteiger partial charge in [0, 0.05) is 5.56 Å². The molecule has 4 nitrogen and oxygen atoms in total. The lowest BCUT2D eigenvalue weighted by atomic mass is 10.2. The molecule has 18 heavy (non-hydrogen) atoms. The molecule has 0 aliphatic heterocycles. The van der Waals surface area contributed by atoms with E-state index in [4.69, 9.17) is 9.78 Å². The van der Waals surface area contributed by atoms with Crippen LogP contribution in [-0.2, 0) is 0 Å². The fourth-order valence-corrected chi connectivity index (χ4v) is 2.13. The van der Waals surface area contributed by atoms with Crippen LogP contribution in [0.15, 0.2) is 27.2 Å². The van der Waals surface area contributed by atoms with Crippen LogP contribution in [0.25, 0.3) is 11.4 Å². The van der Waals surface area contributed by atoms with Crippen LogP contribution in [0.4, 0.5) is 4.39 Å². The molecule has 0 amide bonds. The van der Waals surface area contributed by atoms with Crippen molar-refractivity contribution >= 4 is 15.9 Å². The van der Waals surface area contributed by atoms with Gasteiger partial charge in [-0.15, -0.1) is 0 Å². The molecule has 6 heteroatoms. The normalized spacial score (nSPS) is 21.6. The number of benzene rings is 1. The van der Waals surface area contributed by atoms with Gasteiger partial charge in [0.05, 0.1) is 22.4 Å². The number of nitriles is 1. The van der Waals surface area contributed by atoms with Gasteiger partial charge in [-0.2, -0.15) is 10.2 Å². The smallest absolute Gasteiger partial charge is 0.231 e. The summed E-state index contributed by atoms with van der Waals surface area (Å²) >= 11 is 3.11. The summed E-state index contributed by atoms with van der Waals surface area (Å²) in [4.78, 5) is 4.24. The maximum absolute atomic E-state index is 13.1. The van der Waals surface area contributed by atoms with Crippen molar-refractivity contribution in [3.8, 4) is 17.5 Å². The van der Waals surface area contributed by atoms with Crippen molar-refractivity contribution < 1.29 is 8.91 Å². The molecule has 90 valence electrons. The van der Waals surface area contributed by atoms with Crippen molar-refractivity contribution in [3.63, 3.8) is 0 Å². The van der Waals surface area contributed by atoms with Crippen molar-refractivity contribution in [2.75, 3.05) is 0 Å². The van der Waals surface area contributed by atoms with E-state index in [-0.39, 0.29) is 17.7 Å². The van der Waals surface area contributed by atoms with Crippen molar-refractivity contribution in [1.82, 2.24) is 10.1 Å². The first-order chi connectivity index (χ1) is 8.69. The van der Waals surface area contributed by atoms with Gasteiger partial charge in [-0.25, -0.2) is 4.39 Å². The van der Waals surface area contributed by atoms with Crippen molar-refractivity contribution in [2.45, 2.75) is 12.3 Å². The third kappa shape index (κ3) is 1.91. The molecule has 0 bridgehead atoms. The lowest BCUT2D eigenvalue weighted by molar-refractivity contribution is 0.378. The molecule has 0 N–H and O–H groups in total. The van der Waals surface area contributed by atoms with Crippen LogP contribution in [0.5, 0.6) is 0 Å². The summed E-state index contributed by atoms with van der Waals surface area (Å²) in [5, 5.41) is 12.6. The number of halogens is 2. The van der Waals surface area contributed by atoms with Gasteiger partial charge in [0.25, 0.3) is 0 Å². The molecule has 0 saturated heterocycles. The zero-order valence-electron chi connectivity index (χ0n) is 9.10. The zero-order valence-corrected chi connectivity index (χ0v) is 10.7. The molecular formula is C12H7BrFN3O. The van der Waals surface area contributed by atoms with Gasteiger partial charge < -0.3 is 4.52 Å². The molecule has 1 saturated carbocycles. The minimum atomic E-state index is -0.339. The monoisotopic (exact) mass is 307 g/mol. The second-order valence-corrected chi connectivity index (χ2v) is 5.02. The van der Waals surface area contributed by atoms with Crippen LogP contribution >= 0.6 is 15.9 Å². The Hall–Kier alpha value is -1.74. The lowest BCUT2D eigenvalue weighted by Gasteiger charge is -1.96. The summed E-state index contributed by atoms with van der Waals surface area (Å²) in [6, 6.07) is 6.69. The van der Waals surface area contributed by atoms with Crippen LogP contribution in [0, 0.1) is 23.1 Å². The van der Waals surface area contributed by atoms with E-state index < -0.39 is 0 Å².